The number of hydrogen-bond acceptors (Lipinski definition) is 4. The zero-order chi connectivity index (χ0) is 26.5. The minimum Gasteiger partial charge on any atom is -0.598 e. The molecule has 0 fully saturated rings. The van der Waals surface area contributed by atoms with Crippen molar-refractivity contribution in [2.45, 2.75) is 104 Å². The van der Waals surface area contributed by atoms with Crippen molar-refractivity contribution in [3.63, 3.8) is 0 Å². The summed E-state index contributed by atoms with van der Waals surface area (Å²) in [4.78, 5) is 15.0. The van der Waals surface area contributed by atoms with Gasteiger partial charge in [0.1, 0.15) is 16.2 Å². The first kappa shape index (κ1) is 30.5. The van der Waals surface area contributed by atoms with Gasteiger partial charge in [0.2, 0.25) is 0 Å². The number of nitrogens with one attached hydrogen (secondary N) is 1. The molecule has 0 aromatic heterocycles. The predicted octanol–water partition coefficient (Wildman–Crippen LogP) is 6.71. The average Bonchev–Trinajstić information content (AvgIpc) is 2.65. The molecule has 34 heavy (non-hydrogen) atoms. The van der Waals surface area contributed by atoms with E-state index in [1.807, 2.05) is 48.5 Å². The number of carbonyl (C=O) groups is 1. The zero-order valence-electron chi connectivity index (χ0n) is 22.8. The van der Waals surface area contributed by atoms with E-state index in [0.717, 1.165) is 5.56 Å². The average molecular weight is 497 g/mol. The zero-order valence-corrected chi connectivity index (χ0v) is 23.6. The molecule has 0 aliphatic heterocycles. The SMILES string of the molecule is C=CC[C@](CCN(C(=O)OC(C)(C)C)[C@@H](C)C(C)(C)C)(N[S+]([O-])C(C)(C)C)c1ccc(F)cc1. The smallest absolute Gasteiger partial charge is 0.410 e. The van der Waals surface area contributed by atoms with Gasteiger partial charge in [0.25, 0.3) is 0 Å². The summed E-state index contributed by atoms with van der Waals surface area (Å²) < 4.78 is 35.5. The lowest BCUT2D eigenvalue weighted by molar-refractivity contribution is 0.00308. The molecule has 0 saturated heterocycles. The summed E-state index contributed by atoms with van der Waals surface area (Å²) in [6.07, 6.45) is 2.26. The van der Waals surface area contributed by atoms with Crippen LogP contribution in [0.5, 0.6) is 0 Å². The molecule has 1 N–H and O–H groups in total. The molecule has 5 nitrogen and oxygen atoms in total. The van der Waals surface area contributed by atoms with Gasteiger partial charge in [-0.15, -0.1) is 11.3 Å². The van der Waals surface area contributed by atoms with E-state index in [9.17, 15) is 13.7 Å². The molecule has 0 aliphatic carbocycles. The molecule has 194 valence electrons. The Bertz CT molecular complexity index is 809. The van der Waals surface area contributed by atoms with E-state index in [2.05, 4.69) is 32.1 Å². The Labute approximate surface area is 209 Å². The van der Waals surface area contributed by atoms with Gasteiger partial charge >= 0.3 is 6.09 Å². The van der Waals surface area contributed by atoms with Gasteiger partial charge in [-0.05, 0) is 84.4 Å². The highest BCUT2D eigenvalue weighted by Gasteiger charge is 2.42. The third kappa shape index (κ3) is 8.90. The highest BCUT2D eigenvalue weighted by atomic mass is 32.2. The molecular formula is C27H45FN2O3S. The van der Waals surface area contributed by atoms with Gasteiger partial charge < -0.3 is 14.2 Å². The van der Waals surface area contributed by atoms with Gasteiger partial charge in [0, 0.05) is 23.9 Å². The first-order valence-electron chi connectivity index (χ1n) is 11.9. The van der Waals surface area contributed by atoms with E-state index in [-0.39, 0.29) is 17.3 Å². The van der Waals surface area contributed by atoms with Crippen molar-refractivity contribution < 1.29 is 18.5 Å². The molecule has 1 amide bonds. The van der Waals surface area contributed by atoms with Crippen LogP contribution in [0.1, 0.15) is 87.6 Å². The number of halogens is 1. The van der Waals surface area contributed by atoms with Gasteiger partial charge in [0.15, 0.2) is 0 Å². The Balaban J connectivity index is 3.47. The molecule has 1 unspecified atom stereocenters. The maximum atomic E-state index is 13.8. The number of amides is 1. The standard InChI is InChI=1S/C27H45FN2O3S/c1-12-17-27(29-34(32)26(9,10)11,21-13-15-22(28)16-14-21)18-19-30(20(2)24(3,4)5)23(31)33-25(6,7)8/h12-16,20,29H,1,17-19H2,2-11H3/t20-,27+,34?/m0/s1. The molecule has 0 bridgehead atoms. The van der Waals surface area contributed by atoms with Crippen LogP contribution in [-0.2, 0) is 21.6 Å². The van der Waals surface area contributed by atoms with Crippen molar-refractivity contribution in [2.24, 2.45) is 5.41 Å². The number of benzene rings is 1. The minimum atomic E-state index is -1.41. The van der Waals surface area contributed by atoms with Crippen molar-refractivity contribution in [3.8, 4) is 0 Å². The van der Waals surface area contributed by atoms with Gasteiger partial charge in [0.05, 0.1) is 5.54 Å². The van der Waals surface area contributed by atoms with Crippen LogP contribution in [-0.4, -0.2) is 38.5 Å². The largest absolute Gasteiger partial charge is 0.598 e. The Kier molecular flexibility index (Phi) is 10.3. The monoisotopic (exact) mass is 496 g/mol. The highest BCUT2D eigenvalue weighted by molar-refractivity contribution is 7.90. The molecule has 0 heterocycles. The summed E-state index contributed by atoms with van der Waals surface area (Å²) in [6, 6.07) is 6.09. The molecule has 7 heteroatoms. The second-order valence-electron chi connectivity index (χ2n) is 12.0. The van der Waals surface area contributed by atoms with Crippen LogP contribution in [0.25, 0.3) is 0 Å². The van der Waals surface area contributed by atoms with Crippen molar-refractivity contribution >= 4 is 17.5 Å². The molecule has 0 radical (unpaired) electrons. The minimum absolute atomic E-state index is 0.120. The van der Waals surface area contributed by atoms with E-state index in [1.165, 1.54) is 12.1 Å². The summed E-state index contributed by atoms with van der Waals surface area (Å²) in [5.74, 6) is -0.343. The van der Waals surface area contributed by atoms with E-state index in [4.69, 9.17) is 4.74 Å². The molecule has 0 spiro atoms. The summed E-state index contributed by atoms with van der Waals surface area (Å²) in [7, 11) is 0. The Morgan fingerprint density at radius 3 is 2.09 bits per heavy atom. The fourth-order valence-electron chi connectivity index (χ4n) is 3.40. The van der Waals surface area contributed by atoms with Crippen LogP contribution in [0.15, 0.2) is 36.9 Å². The fourth-order valence-corrected chi connectivity index (χ4v) is 4.37. The maximum absolute atomic E-state index is 13.8. The molecule has 1 rings (SSSR count). The van der Waals surface area contributed by atoms with Gasteiger partial charge in [-0.2, -0.15) is 0 Å². The van der Waals surface area contributed by atoms with E-state index in [0.29, 0.717) is 19.4 Å². The van der Waals surface area contributed by atoms with E-state index < -0.39 is 33.3 Å². The predicted molar refractivity (Wildman–Crippen MR) is 140 cm³/mol. The Hall–Kier alpha value is -1.57. The van der Waals surface area contributed by atoms with Gasteiger partial charge in [-0.25, -0.2) is 9.18 Å². The fraction of sp³-hybridized carbons (Fsp3) is 0.667. The van der Waals surface area contributed by atoms with Crippen LogP contribution in [0.2, 0.25) is 0 Å². The van der Waals surface area contributed by atoms with Crippen molar-refractivity contribution in [1.29, 1.82) is 0 Å². The normalized spacial score (nSPS) is 16.4. The van der Waals surface area contributed by atoms with Crippen LogP contribution in [0.4, 0.5) is 9.18 Å². The van der Waals surface area contributed by atoms with Crippen LogP contribution in [0.3, 0.4) is 0 Å². The van der Waals surface area contributed by atoms with Crippen molar-refractivity contribution in [3.05, 3.63) is 48.3 Å². The van der Waals surface area contributed by atoms with E-state index >= 15 is 0 Å². The summed E-state index contributed by atoms with van der Waals surface area (Å²) in [5, 5.41) is 0. The number of rotatable bonds is 9. The summed E-state index contributed by atoms with van der Waals surface area (Å²) >= 11 is -1.41. The quantitative estimate of drug-likeness (QED) is 0.305. The van der Waals surface area contributed by atoms with Crippen molar-refractivity contribution in [2.75, 3.05) is 6.54 Å². The van der Waals surface area contributed by atoms with Crippen LogP contribution < -0.4 is 4.72 Å². The molecule has 3 atom stereocenters. The summed E-state index contributed by atoms with van der Waals surface area (Å²) in [5.41, 5.74) is -0.839. The first-order chi connectivity index (χ1) is 15.3. The lowest BCUT2D eigenvalue weighted by Crippen LogP contribution is -2.54. The third-order valence-corrected chi connectivity index (χ3v) is 7.55. The number of carbonyl (C=O) groups excluding carboxylic acids is 1. The lowest BCUT2D eigenvalue weighted by atomic mass is 9.83. The third-order valence-electron chi connectivity index (χ3n) is 5.86. The molecule has 1 aromatic rings. The Morgan fingerprint density at radius 1 is 1.15 bits per heavy atom. The van der Waals surface area contributed by atoms with Crippen molar-refractivity contribution in [1.82, 2.24) is 9.62 Å². The second-order valence-corrected chi connectivity index (χ2v) is 14.0. The molecule has 0 saturated carbocycles. The second kappa shape index (κ2) is 11.4. The van der Waals surface area contributed by atoms with E-state index in [1.54, 1.807) is 23.1 Å². The van der Waals surface area contributed by atoms with Gasteiger partial charge in [-0.1, -0.05) is 39.0 Å². The lowest BCUT2D eigenvalue weighted by Gasteiger charge is -2.42. The summed E-state index contributed by atoms with van der Waals surface area (Å²) in [6.45, 7) is 23.8. The Morgan fingerprint density at radius 2 is 1.68 bits per heavy atom. The molecular weight excluding hydrogens is 451 g/mol. The van der Waals surface area contributed by atoms with Crippen LogP contribution >= 0.6 is 0 Å². The number of hydrogen-bond donors (Lipinski definition) is 1. The topological polar surface area (TPSA) is 64.6 Å². The number of ether oxygens (including phenoxy) is 1. The first-order valence-corrected chi connectivity index (χ1v) is 13.0. The van der Waals surface area contributed by atoms with Crippen LogP contribution in [0, 0.1) is 11.2 Å². The van der Waals surface area contributed by atoms with Gasteiger partial charge in [-0.3, -0.25) is 0 Å². The molecule has 0 aliphatic rings. The number of nitrogens with zero attached hydrogens (tertiary/aromatic N) is 1. The maximum Gasteiger partial charge on any atom is 0.410 e. The highest BCUT2D eigenvalue weighted by Crippen LogP contribution is 2.35. The molecule has 1 aromatic carbocycles.